The first kappa shape index (κ1) is 60.2. The molecule has 1 aliphatic rings. The Hall–Kier alpha value is -1.85. The van der Waals surface area contributed by atoms with Crippen LogP contribution in [-0.4, -0.2) is 89.6 Å². The van der Waals surface area contributed by atoms with Gasteiger partial charge in [0.25, 0.3) is 0 Å². The zero-order valence-corrected chi connectivity index (χ0v) is 41.3. The number of ether oxygens (including phenoxy) is 4. The molecule has 0 aromatic heterocycles. The van der Waals surface area contributed by atoms with Crippen molar-refractivity contribution in [2.75, 3.05) is 26.4 Å². The molecule has 0 saturated carbocycles. The van der Waals surface area contributed by atoms with Gasteiger partial charge in [0.2, 0.25) is 0 Å². The Kier molecular flexibility index (Phi) is 43.5. The van der Waals surface area contributed by atoms with Crippen LogP contribution in [0.3, 0.4) is 0 Å². The van der Waals surface area contributed by atoms with Crippen molar-refractivity contribution in [2.24, 2.45) is 0 Å². The van der Waals surface area contributed by atoms with Gasteiger partial charge in [-0.1, -0.05) is 197 Å². The number of carbonyl (C=O) groups is 1. The van der Waals surface area contributed by atoms with Gasteiger partial charge in [0.15, 0.2) is 6.29 Å². The maximum absolute atomic E-state index is 12.8. The lowest BCUT2D eigenvalue weighted by Gasteiger charge is -2.39. The lowest BCUT2D eigenvalue weighted by molar-refractivity contribution is -0.305. The number of carbonyl (C=O) groups excluding carboxylic acids is 1. The summed E-state index contributed by atoms with van der Waals surface area (Å²) in [7, 11) is 0. The Morgan fingerprint density at radius 1 is 0.500 bits per heavy atom. The Bertz CT molecular complexity index is 1120. The molecular formula is C55H100O9. The lowest BCUT2D eigenvalue weighted by Crippen LogP contribution is -2.59. The molecule has 0 aliphatic carbocycles. The molecule has 0 aromatic carbocycles. The van der Waals surface area contributed by atoms with Crippen molar-refractivity contribution in [2.45, 2.75) is 269 Å². The molecule has 4 N–H and O–H groups in total. The first-order valence-corrected chi connectivity index (χ1v) is 26.7. The first-order valence-electron chi connectivity index (χ1n) is 26.7. The molecule has 0 bridgehead atoms. The van der Waals surface area contributed by atoms with Crippen molar-refractivity contribution >= 4 is 5.97 Å². The number of esters is 1. The molecule has 1 rings (SSSR count). The van der Waals surface area contributed by atoms with E-state index >= 15 is 0 Å². The van der Waals surface area contributed by atoms with Crippen molar-refractivity contribution in [1.82, 2.24) is 0 Å². The van der Waals surface area contributed by atoms with E-state index in [4.69, 9.17) is 18.9 Å². The van der Waals surface area contributed by atoms with Gasteiger partial charge >= 0.3 is 5.97 Å². The van der Waals surface area contributed by atoms with Crippen LogP contribution in [0.4, 0.5) is 0 Å². The topological polar surface area (TPSA) is 135 Å². The van der Waals surface area contributed by atoms with Crippen LogP contribution in [0.15, 0.2) is 48.6 Å². The van der Waals surface area contributed by atoms with Crippen LogP contribution in [0.2, 0.25) is 0 Å². The summed E-state index contributed by atoms with van der Waals surface area (Å²) < 4.78 is 22.9. The summed E-state index contributed by atoms with van der Waals surface area (Å²) in [4.78, 5) is 12.8. The molecule has 6 unspecified atom stereocenters. The average molecular weight is 905 g/mol. The van der Waals surface area contributed by atoms with E-state index in [9.17, 15) is 25.2 Å². The number of aliphatic hydroxyl groups is 4. The Morgan fingerprint density at radius 3 is 1.38 bits per heavy atom. The van der Waals surface area contributed by atoms with Crippen LogP contribution in [0.5, 0.6) is 0 Å². The van der Waals surface area contributed by atoms with Crippen LogP contribution in [0.25, 0.3) is 0 Å². The molecule has 9 heteroatoms. The first-order chi connectivity index (χ1) is 31.4. The van der Waals surface area contributed by atoms with Crippen molar-refractivity contribution in [3.05, 3.63) is 48.6 Å². The molecule has 1 saturated heterocycles. The molecule has 9 nitrogen and oxygen atoms in total. The van der Waals surface area contributed by atoms with E-state index in [0.29, 0.717) is 13.0 Å². The van der Waals surface area contributed by atoms with Crippen molar-refractivity contribution in [1.29, 1.82) is 0 Å². The fraction of sp³-hybridized carbons (Fsp3) is 0.836. The van der Waals surface area contributed by atoms with Gasteiger partial charge in [-0.05, 0) is 77.0 Å². The predicted molar refractivity (Wildman–Crippen MR) is 265 cm³/mol. The van der Waals surface area contributed by atoms with Crippen LogP contribution in [-0.2, 0) is 23.7 Å². The highest BCUT2D eigenvalue weighted by atomic mass is 16.7. The van der Waals surface area contributed by atoms with Crippen LogP contribution < -0.4 is 0 Å². The van der Waals surface area contributed by atoms with Gasteiger partial charge in [0, 0.05) is 13.0 Å². The smallest absolute Gasteiger partial charge is 0.306 e. The standard InChI is InChI=1S/C55H100O9/c1-3-5-7-9-11-13-15-17-19-21-23-24-25-27-29-31-33-35-37-39-41-43-45-61-47-49(48-62-55-54(60)53(59)52(58)50(46-56)64-55)63-51(57)44-42-40-38-36-34-32-30-28-26-22-20-18-16-14-12-10-8-6-4-2/h15,17-18,20-21,23,25,27,49-50,52-56,58-60H,3-14,16,19,22,24,26,28-48H2,1-2H3/b17-15-,20-18-,23-21-,27-25-. The molecule has 0 spiro atoms. The normalized spacial score (nSPS) is 19.9. The summed E-state index contributed by atoms with van der Waals surface area (Å²) in [6.45, 7) is 4.54. The number of hydrogen-bond donors (Lipinski definition) is 4. The summed E-state index contributed by atoms with van der Waals surface area (Å²) >= 11 is 0. The molecule has 1 heterocycles. The van der Waals surface area contributed by atoms with E-state index in [2.05, 4.69) is 62.5 Å². The van der Waals surface area contributed by atoms with Gasteiger partial charge in [-0.3, -0.25) is 4.79 Å². The third-order valence-corrected chi connectivity index (χ3v) is 12.2. The highest BCUT2D eigenvalue weighted by Crippen LogP contribution is 2.23. The lowest BCUT2D eigenvalue weighted by atomic mass is 9.99. The minimum atomic E-state index is -1.54. The molecule has 64 heavy (non-hydrogen) atoms. The predicted octanol–water partition coefficient (Wildman–Crippen LogP) is 13.3. The second-order valence-corrected chi connectivity index (χ2v) is 18.3. The number of allylic oxidation sites excluding steroid dienone is 8. The maximum Gasteiger partial charge on any atom is 0.306 e. The number of aliphatic hydroxyl groups excluding tert-OH is 4. The van der Waals surface area contributed by atoms with Crippen molar-refractivity contribution in [3.8, 4) is 0 Å². The second kappa shape index (κ2) is 46.3. The molecule has 1 fully saturated rings. The summed E-state index contributed by atoms with van der Waals surface area (Å²) in [5.74, 6) is -0.318. The molecule has 0 aromatic rings. The van der Waals surface area contributed by atoms with Gasteiger partial charge in [-0.15, -0.1) is 0 Å². The summed E-state index contributed by atoms with van der Waals surface area (Å²) in [6, 6.07) is 0. The fourth-order valence-corrected chi connectivity index (χ4v) is 8.02. The van der Waals surface area contributed by atoms with Gasteiger partial charge in [-0.25, -0.2) is 0 Å². The summed E-state index contributed by atoms with van der Waals surface area (Å²) in [6.07, 6.45) is 51.4. The SMILES string of the molecule is CCCCCCC/C=C\C/C=C\C/C=C\CCCCCCCCCOCC(COC1OC(CO)C(O)C(O)C1O)OC(=O)CCCCCCCCCCC/C=C\CCCCCCCC. The quantitative estimate of drug-likeness (QED) is 0.0267. The monoisotopic (exact) mass is 905 g/mol. The van der Waals surface area contributed by atoms with E-state index in [-0.39, 0.29) is 19.2 Å². The van der Waals surface area contributed by atoms with Crippen molar-refractivity contribution in [3.63, 3.8) is 0 Å². The largest absolute Gasteiger partial charge is 0.457 e. The van der Waals surface area contributed by atoms with Gasteiger partial charge in [-0.2, -0.15) is 0 Å². The van der Waals surface area contributed by atoms with E-state index in [1.807, 2.05) is 0 Å². The summed E-state index contributed by atoms with van der Waals surface area (Å²) in [5, 5.41) is 40.3. The molecule has 0 radical (unpaired) electrons. The maximum atomic E-state index is 12.8. The minimum Gasteiger partial charge on any atom is -0.457 e. The van der Waals surface area contributed by atoms with Gasteiger partial charge in [0.1, 0.15) is 30.5 Å². The molecule has 374 valence electrons. The Balaban J connectivity index is 2.21. The third-order valence-electron chi connectivity index (χ3n) is 12.2. The van der Waals surface area contributed by atoms with E-state index in [0.717, 1.165) is 57.8 Å². The number of hydrogen-bond acceptors (Lipinski definition) is 9. The third kappa shape index (κ3) is 36.3. The zero-order valence-electron chi connectivity index (χ0n) is 41.3. The van der Waals surface area contributed by atoms with Gasteiger partial charge in [0.05, 0.1) is 19.8 Å². The highest BCUT2D eigenvalue weighted by molar-refractivity contribution is 5.69. The minimum absolute atomic E-state index is 0.118. The Morgan fingerprint density at radius 2 is 0.906 bits per heavy atom. The second-order valence-electron chi connectivity index (χ2n) is 18.3. The highest BCUT2D eigenvalue weighted by Gasteiger charge is 2.44. The zero-order chi connectivity index (χ0) is 46.4. The fourth-order valence-electron chi connectivity index (χ4n) is 8.02. The average Bonchev–Trinajstić information content (AvgIpc) is 3.30. The van der Waals surface area contributed by atoms with Crippen LogP contribution in [0.1, 0.15) is 232 Å². The van der Waals surface area contributed by atoms with Crippen molar-refractivity contribution < 1.29 is 44.2 Å². The van der Waals surface area contributed by atoms with Crippen LogP contribution in [0, 0.1) is 0 Å². The number of unbranched alkanes of at least 4 members (excludes halogenated alkanes) is 27. The molecular weight excluding hydrogens is 805 g/mol. The van der Waals surface area contributed by atoms with E-state index in [1.165, 1.54) is 154 Å². The Labute approximate surface area is 392 Å². The van der Waals surface area contributed by atoms with Crippen LogP contribution >= 0.6 is 0 Å². The molecule has 0 amide bonds. The molecule has 6 atom stereocenters. The van der Waals surface area contributed by atoms with E-state index in [1.54, 1.807) is 0 Å². The van der Waals surface area contributed by atoms with Gasteiger partial charge < -0.3 is 39.4 Å². The summed E-state index contributed by atoms with van der Waals surface area (Å²) in [5.41, 5.74) is 0. The number of rotatable bonds is 46. The van der Waals surface area contributed by atoms with E-state index < -0.39 is 43.4 Å². The molecule has 1 aliphatic heterocycles.